The van der Waals surface area contributed by atoms with E-state index in [1.54, 1.807) is 6.07 Å². The van der Waals surface area contributed by atoms with Crippen molar-refractivity contribution in [1.29, 1.82) is 0 Å². The lowest BCUT2D eigenvalue weighted by Crippen LogP contribution is -2.30. The van der Waals surface area contributed by atoms with Gasteiger partial charge in [0, 0.05) is 19.6 Å². The lowest BCUT2D eigenvalue weighted by molar-refractivity contribution is -0.137. The van der Waals surface area contributed by atoms with Gasteiger partial charge in [0.2, 0.25) is 0 Å². The van der Waals surface area contributed by atoms with Crippen LogP contribution in [-0.4, -0.2) is 29.6 Å². The van der Waals surface area contributed by atoms with Crippen LogP contribution in [0.5, 0.6) is 0 Å². The molecule has 0 unspecified atom stereocenters. The zero-order chi connectivity index (χ0) is 19.9. The van der Waals surface area contributed by atoms with Crippen molar-refractivity contribution in [2.24, 2.45) is 11.8 Å². The molecule has 1 N–H and O–H groups in total. The Morgan fingerprint density at radius 2 is 1.71 bits per heavy atom. The van der Waals surface area contributed by atoms with Gasteiger partial charge in [-0.2, -0.15) is 13.2 Å². The van der Waals surface area contributed by atoms with Crippen LogP contribution in [0.25, 0.3) is 0 Å². The van der Waals surface area contributed by atoms with Gasteiger partial charge in [-0.05, 0) is 60.8 Å². The highest BCUT2D eigenvalue weighted by Crippen LogP contribution is 2.49. The van der Waals surface area contributed by atoms with E-state index in [9.17, 15) is 18.3 Å². The van der Waals surface area contributed by atoms with Gasteiger partial charge >= 0.3 is 6.18 Å². The number of likely N-dealkylation sites (tertiary alicyclic amines) is 1. The van der Waals surface area contributed by atoms with E-state index in [-0.39, 0.29) is 0 Å². The van der Waals surface area contributed by atoms with E-state index >= 15 is 0 Å². The van der Waals surface area contributed by atoms with E-state index in [2.05, 4.69) is 4.90 Å². The largest absolute Gasteiger partial charge is 0.416 e. The Morgan fingerprint density at radius 1 is 1.04 bits per heavy atom. The number of fused-ring (bicyclic) bond motifs is 1. The van der Waals surface area contributed by atoms with Crippen LogP contribution < -0.4 is 0 Å². The third kappa shape index (κ3) is 3.83. The summed E-state index contributed by atoms with van der Waals surface area (Å²) in [7, 11) is 0. The van der Waals surface area contributed by atoms with Crippen LogP contribution in [0.1, 0.15) is 35.1 Å². The second kappa shape index (κ2) is 7.20. The molecule has 0 spiro atoms. The molecule has 1 saturated carbocycles. The molecule has 28 heavy (non-hydrogen) atoms. The van der Waals surface area contributed by atoms with Crippen LogP contribution in [0.2, 0.25) is 0 Å². The number of benzene rings is 2. The smallest absolute Gasteiger partial charge is 0.385 e. The number of hydrogen-bond donors (Lipinski definition) is 1. The molecule has 1 saturated heterocycles. The molecule has 2 aromatic carbocycles. The van der Waals surface area contributed by atoms with E-state index in [0.717, 1.165) is 55.2 Å². The highest BCUT2D eigenvalue weighted by atomic mass is 19.4. The summed E-state index contributed by atoms with van der Waals surface area (Å²) in [4.78, 5) is 2.34. The summed E-state index contributed by atoms with van der Waals surface area (Å²) in [5.41, 5.74) is 1.58. The van der Waals surface area contributed by atoms with Gasteiger partial charge in [0.05, 0.1) is 11.2 Å². The van der Waals surface area contributed by atoms with E-state index < -0.39 is 17.3 Å². The minimum absolute atomic E-state index is 0.450. The molecule has 5 heteroatoms. The van der Waals surface area contributed by atoms with E-state index in [4.69, 9.17) is 0 Å². The van der Waals surface area contributed by atoms with Gasteiger partial charge in [-0.25, -0.2) is 0 Å². The van der Waals surface area contributed by atoms with Crippen LogP contribution in [-0.2, 0) is 18.2 Å². The summed E-state index contributed by atoms with van der Waals surface area (Å²) in [6.45, 7) is 4.63. The Balaban J connectivity index is 1.35. The van der Waals surface area contributed by atoms with Gasteiger partial charge in [-0.3, -0.25) is 0 Å². The molecule has 0 bridgehead atoms. The van der Waals surface area contributed by atoms with Crippen molar-refractivity contribution in [2.75, 3.05) is 19.6 Å². The summed E-state index contributed by atoms with van der Waals surface area (Å²) in [5.74, 6) is 0.900. The molecule has 2 fully saturated rings. The normalized spacial score (nSPS) is 27.9. The molecule has 4 rings (SSSR count). The molecule has 2 aliphatic rings. The summed E-state index contributed by atoms with van der Waals surface area (Å²) < 4.78 is 38.6. The van der Waals surface area contributed by atoms with E-state index in [0.29, 0.717) is 18.3 Å². The molecule has 2 nitrogen and oxygen atoms in total. The predicted molar refractivity (Wildman–Crippen MR) is 103 cm³/mol. The number of aryl methyl sites for hydroxylation is 1. The van der Waals surface area contributed by atoms with Crippen LogP contribution >= 0.6 is 0 Å². The zero-order valence-corrected chi connectivity index (χ0v) is 16.0. The minimum atomic E-state index is -4.29. The second-order valence-electron chi connectivity index (χ2n) is 8.48. The monoisotopic (exact) mass is 389 g/mol. The van der Waals surface area contributed by atoms with Gasteiger partial charge in [-0.1, -0.05) is 42.5 Å². The van der Waals surface area contributed by atoms with Crippen molar-refractivity contribution < 1.29 is 18.3 Å². The molecule has 3 atom stereocenters. The lowest BCUT2D eigenvalue weighted by atomic mass is 9.87. The maximum atomic E-state index is 12.9. The summed E-state index contributed by atoms with van der Waals surface area (Å²) in [6, 6.07) is 13.7. The van der Waals surface area contributed by atoms with Crippen molar-refractivity contribution >= 4 is 0 Å². The Morgan fingerprint density at radius 3 is 2.36 bits per heavy atom. The van der Waals surface area contributed by atoms with Crippen LogP contribution in [0.15, 0.2) is 48.5 Å². The maximum Gasteiger partial charge on any atom is 0.416 e. The number of alkyl halides is 3. The first-order chi connectivity index (χ1) is 13.2. The lowest BCUT2D eigenvalue weighted by Gasteiger charge is -2.28. The molecular weight excluding hydrogens is 363 g/mol. The maximum absolute atomic E-state index is 12.9. The van der Waals surface area contributed by atoms with Crippen molar-refractivity contribution in [3.05, 3.63) is 70.8 Å². The first-order valence-corrected chi connectivity index (χ1v) is 9.91. The number of rotatable bonds is 4. The minimum Gasteiger partial charge on any atom is -0.385 e. The van der Waals surface area contributed by atoms with Crippen LogP contribution in [0.3, 0.4) is 0 Å². The highest BCUT2D eigenvalue weighted by molar-refractivity contribution is 5.33. The number of halogens is 3. The van der Waals surface area contributed by atoms with Gasteiger partial charge in [0.15, 0.2) is 0 Å². The second-order valence-corrected chi connectivity index (χ2v) is 8.48. The summed E-state index contributed by atoms with van der Waals surface area (Å²) in [6.07, 6.45) is -2.14. The predicted octanol–water partition coefficient (Wildman–Crippen LogP) is 4.79. The van der Waals surface area contributed by atoms with Crippen molar-refractivity contribution in [2.45, 2.75) is 38.0 Å². The molecule has 150 valence electrons. The molecular formula is C23H26F3NO. The average molecular weight is 389 g/mol. The Kier molecular flexibility index (Phi) is 5.00. The third-order valence-corrected chi connectivity index (χ3v) is 6.47. The number of aliphatic hydroxyl groups is 1. The molecule has 1 aliphatic carbocycles. The first-order valence-electron chi connectivity index (χ1n) is 9.91. The first kappa shape index (κ1) is 19.5. The van der Waals surface area contributed by atoms with Crippen molar-refractivity contribution in [3.63, 3.8) is 0 Å². The van der Waals surface area contributed by atoms with Gasteiger partial charge in [-0.15, -0.1) is 0 Å². The average Bonchev–Trinajstić information content (AvgIpc) is 3.15. The SMILES string of the molecule is Cc1ccccc1[C@]1(O)C[C@H]2CN(CCc3cccc(C(F)(F)F)c3)C[C@H]2C1. The van der Waals surface area contributed by atoms with Gasteiger partial charge in [0.1, 0.15) is 0 Å². The quantitative estimate of drug-likeness (QED) is 0.813. The fraction of sp³-hybridized carbons (Fsp3) is 0.478. The number of nitrogens with zero attached hydrogens (tertiary/aromatic N) is 1. The third-order valence-electron chi connectivity index (χ3n) is 6.47. The van der Waals surface area contributed by atoms with E-state index in [1.807, 2.05) is 31.2 Å². The van der Waals surface area contributed by atoms with Gasteiger partial charge in [0.25, 0.3) is 0 Å². The molecule has 0 aromatic heterocycles. The molecule has 2 aromatic rings. The molecule has 0 amide bonds. The topological polar surface area (TPSA) is 23.5 Å². The molecule has 1 heterocycles. The highest BCUT2D eigenvalue weighted by Gasteiger charge is 2.49. The Bertz CT molecular complexity index is 834. The van der Waals surface area contributed by atoms with E-state index in [1.165, 1.54) is 12.1 Å². The Hall–Kier alpha value is -1.85. The molecule has 1 aliphatic heterocycles. The Labute approximate surface area is 164 Å². The van der Waals surface area contributed by atoms with Gasteiger partial charge < -0.3 is 10.0 Å². The summed E-state index contributed by atoms with van der Waals surface area (Å²) >= 11 is 0. The van der Waals surface area contributed by atoms with Crippen LogP contribution in [0.4, 0.5) is 13.2 Å². The standard InChI is InChI=1S/C23H26F3NO/c1-16-5-2-3-8-21(16)22(28)12-18-14-27(15-19(18)13-22)10-9-17-6-4-7-20(11-17)23(24,25)26/h2-8,11,18-19,28H,9-10,12-15H2,1H3/t18-,19+,22-. The number of hydrogen-bond acceptors (Lipinski definition) is 2. The fourth-order valence-electron chi connectivity index (χ4n) is 5.14. The summed E-state index contributed by atoms with van der Waals surface area (Å²) in [5, 5.41) is 11.2. The zero-order valence-electron chi connectivity index (χ0n) is 16.0. The molecule has 0 radical (unpaired) electrons. The van der Waals surface area contributed by atoms with Crippen molar-refractivity contribution in [3.8, 4) is 0 Å². The van der Waals surface area contributed by atoms with Crippen molar-refractivity contribution in [1.82, 2.24) is 4.90 Å². The van der Waals surface area contributed by atoms with Crippen LogP contribution in [0, 0.1) is 18.8 Å². The fourth-order valence-corrected chi connectivity index (χ4v) is 5.14.